The first-order valence-corrected chi connectivity index (χ1v) is 6.45. The van der Waals surface area contributed by atoms with Gasteiger partial charge in [-0.15, -0.1) is 0 Å². The number of aromatic nitrogens is 3. The Morgan fingerprint density at radius 3 is 2.64 bits per heavy atom. The molecule has 0 fully saturated rings. The summed E-state index contributed by atoms with van der Waals surface area (Å²) >= 11 is 0. The number of ether oxygens (including phenoxy) is 2. The average Bonchev–Trinajstić information content (AvgIpc) is 2.55. The molecule has 0 bridgehead atoms. The largest absolute Gasteiger partial charge is 0.481 e. The molecule has 0 aromatic carbocycles. The number of carbonyl (C=O) groups excluding carboxylic acids is 1. The fraction of sp³-hybridized carbons (Fsp3) is 0.286. The van der Waals surface area contributed by atoms with E-state index in [2.05, 4.69) is 20.3 Å². The molecule has 0 aliphatic carbocycles. The molecule has 0 saturated carbocycles. The van der Waals surface area contributed by atoms with Crippen LogP contribution in [0.1, 0.15) is 10.4 Å². The van der Waals surface area contributed by atoms with E-state index in [1.54, 1.807) is 17.0 Å². The highest BCUT2D eigenvalue weighted by Crippen LogP contribution is 2.23. The maximum Gasteiger partial charge on any atom is 0.318 e. The number of carbonyl (C=O) groups is 1. The van der Waals surface area contributed by atoms with Crippen LogP contribution in [0.15, 0.2) is 24.5 Å². The van der Waals surface area contributed by atoms with E-state index in [-0.39, 0.29) is 11.9 Å². The standard InChI is InChI=1S/C14H17N5O3/c1-19(2)12-10(8-16-14(18-12)22-4)17-13(20)9-5-6-15-11(7-9)21-3/h5-8H,1-4H3,(H,17,20). The number of nitrogens with zero attached hydrogens (tertiary/aromatic N) is 4. The van der Waals surface area contributed by atoms with Crippen molar-refractivity contribution >= 4 is 17.4 Å². The van der Waals surface area contributed by atoms with Crippen LogP contribution in [-0.2, 0) is 0 Å². The molecule has 2 aromatic heterocycles. The molecule has 0 aliphatic rings. The van der Waals surface area contributed by atoms with Crippen LogP contribution in [0.25, 0.3) is 0 Å². The van der Waals surface area contributed by atoms with Crippen molar-refractivity contribution < 1.29 is 14.3 Å². The molecular weight excluding hydrogens is 286 g/mol. The molecule has 8 heteroatoms. The summed E-state index contributed by atoms with van der Waals surface area (Å²) in [5, 5.41) is 2.77. The molecule has 0 saturated heterocycles. The van der Waals surface area contributed by atoms with Crippen molar-refractivity contribution in [1.29, 1.82) is 0 Å². The van der Waals surface area contributed by atoms with Crippen LogP contribution in [0.2, 0.25) is 0 Å². The first-order valence-electron chi connectivity index (χ1n) is 6.45. The van der Waals surface area contributed by atoms with Crippen LogP contribution >= 0.6 is 0 Å². The smallest absolute Gasteiger partial charge is 0.318 e. The lowest BCUT2D eigenvalue weighted by atomic mass is 10.2. The lowest BCUT2D eigenvalue weighted by Crippen LogP contribution is -2.18. The predicted molar refractivity (Wildman–Crippen MR) is 81.7 cm³/mol. The van der Waals surface area contributed by atoms with E-state index >= 15 is 0 Å². The van der Waals surface area contributed by atoms with Crippen molar-refractivity contribution in [3.8, 4) is 11.9 Å². The van der Waals surface area contributed by atoms with E-state index in [1.807, 2.05) is 14.1 Å². The Morgan fingerprint density at radius 1 is 1.23 bits per heavy atom. The molecule has 1 N–H and O–H groups in total. The van der Waals surface area contributed by atoms with E-state index in [9.17, 15) is 4.79 Å². The van der Waals surface area contributed by atoms with Crippen molar-refractivity contribution in [2.45, 2.75) is 0 Å². The van der Waals surface area contributed by atoms with Crippen LogP contribution < -0.4 is 19.7 Å². The van der Waals surface area contributed by atoms with Crippen molar-refractivity contribution in [2.24, 2.45) is 0 Å². The van der Waals surface area contributed by atoms with E-state index < -0.39 is 0 Å². The SMILES string of the molecule is COc1cc(C(=O)Nc2cnc(OC)nc2N(C)C)ccn1. The Hall–Kier alpha value is -2.90. The van der Waals surface area contributed by atoms with Gasteiger partial charge in [-0.3, -0.25) is 4.79 Å². The molecule has 22 heavy (non-hydrogen) atoms. The summed E-state index contributed by atoms with van der Waals surface area (Å²) in [6.45, 7) is 0. The van der Waals surface area contributed by atoms with E-state index in [4.69, 9.17) is 9.47 Å². The molecule has 8 nitrogen and oxygen atoms in total. The Labute approximate surface area is 128 Å². The molecule has 0 aliphatic heterocycles. The highest BCUT2D eigenvalue weighted by atomic mass is 16.5. The Morgan fingerprint density at radius 2 is 2.00 bits per heavy atom. The minimum atomic E-state index is -0.308. The molecule has 0 unspecified atom stereocenters. The number of hydrogen-bond acceptors (Lipinski definition) is 7. The minimum absolute atomic E-state index is 0.229. The van der Waals surface area contributed by atoms with Gasteiger partial charge in [-0.05, 0) is 6.07 Å². The number of pyridine rings is 1. The Balaban J connectivity index is 2.27. The van der Waals surface area contributed by atoms with Gasteiger partial charge in [-0.25, -0.2) is 9.97 Å². The molecule has 1 amide bonds. The number of hydrogen-bond donors (Lipinski definition) is 1. The number of nitrogens with one attached hydrogen (secondary N) is 1. The maximum absolute atomic E-state index is 12.3. The van der Waals surface area contributed by atoms with Gasteiger partial charge in [0.05, 0.1) is 20.4 Å². The molecule has 116 valence electrons. The minimum Gasteiger partial charge on any atom is -0.481 e. The van der Waals surface area contributed by atoms with E-state index in [0.717, 1.165) is 0 Å². The fourth-order valence-corrected chi connectivity index (χ4v) is 1.74. The lowest BCUT2D eigenvalue weighted by molar-refractivity contribution is 0.102. The first kappa shape index (κ1) is 15.5. The van der Waals surface area contributed by atoms with Crippen LogP contribution in [0.3, 0.4) is 0 Å². The molecule has 0 radical (unpaired) electrons. The van der Waals surface area contributed by atoms with Crippen molar-refractivity contribution in [3.63, 3.8) is 0 Å². The zero-order valence-corrected chi connectivity index (χ0v) is 12.8. The second-order valence-electron chi connectivity index (χ2n) is 4.53. The summed E-state index contributed by atoms with van der Waals surface area (Å²) in [7, 11) is 6.60. The average molecular weight is 303 g/mol. The van der Waals surface area contributed by atoms with Crippen LogP contribution in [0.4, 0.5) is 11.5 Å². The number of anilines is 2. The molecule has 0 atom stereocenters. The number of rotatable bonds is 5. The lowest BCUT2D eigenvalue weighted by Gasteiger charge is -2.16. The fourth-order valence-electron chi connectivity index (χ4n) is 1.74. The van der Waals surface area contributed by atoms with Gasteiger partial charge < -0.3 is 19.7 Å². The molecule has 2 aromatic rings. The number of amides is 1. The summed E-state index contributed by atoms with van der Waals surface area (Å²) in [5.74, 6) is 0.602. The highest BCUT2D eigenvalue weighted by molar-refractivity contribution is 6.05. The summed E-state index contributed by atoms with van der Waals surface area (Å²) in [5.41, 5.74) is 0.902. The zero-order valence-electron chi connectivity index (χ0n) is 12.8. The second-order valence-corrected chi connectivity index (χ2v) is 4.53. The predicted octanol–water partition coefficient (Wildman–Crippen LogP) is 1.21. The first-order chi connectivity index (χ1) is 10.5. The quantitative estimate of drug-likeness (QED) is 0.887. The summed E-state index contributed by atoms with van der Waals surface area (Å²) in [4.78, 5) is 26.3. The van der Waals surface area contributed by atoms with Crippen LogP contribution in [0, 0.1) is 0 Å². The van der Waals surface area contributed by atoms with Gasteiger partial charge in [-0.1, -0.05) is 0 Å². The summed E-state index contributed by atoms with van der Waals surface area (Å²) < 4.78 is 10.0. The normalized spacial score (nSPS) is 10.0. The van der Waals surface area contributed by atoms with Gasteiger partial charge in [0, 0.05) is 31.9 Å². The summed E-state index contributed by atoms with van der Waals surface area (Å²) in [6.07, 6.45) is 3.00. The highest BCUT2D eigenvalue weighted by Gasteiger charge is 2.14. The number of methoxy groups -OCH3 is 2. The molecular formula is C14H17N5O3. The monoisotopic (exact) mass is 303 g/mol. The molecule has 2 heterocycles. The van der Waals surface area contributed by atoms with Crippen molar-refractivity contribution in [1.82, 2.24) is 15.0 Å². The van der Waals surface area contributed by atoms with Crippen molar-refractivity contribution in [2.75, 3.05) is 38.5 Å². The van der Waals surface area contributed by atoms with Gasteiger partial charge in [0.15, 0.2) is 5.82 Å². The maximum atomic E-state index is 12.3. The zero-order chi connectivity index (χ0) is 16.1. The van der Waals surface area contributed by atoms with Gasteiger partial charge in [0.1, 0.15) is 5.69 Å². The third kappa shape index (κ3) is 3.40. The van der Waals surface area contributed by atoms with Crippen LogP contribution in [-0.4, -0.2) is 49.2 Å². The summed E-state index contributed by atoms with van der Waals surface area (Å²) in [6, 6.07) is 3.37. The van der Waals surface area contributed by atoms with Gasteiger partial charge >= 0.3 is 6.01 Å². The van der Waals surface area contributed by atoms with E-state index in [0.29, 0.717) is 22.9 Å². The van der Waals surface area contributed by atoms with Gasteiger partial charge in [0.2, 0.25) is 5.88 Å². The van der Waals surface area contributed by atoms with Gasteiger partial charge in [-0.2, -0.15) is 4.98 Å². The molecule has 0 spiro atoms. The van der Waals surface area contributed by atoms with E-state index in [1.165, 1.54) is 26.6 Å². The second kappa shape index (κ2) is 6.70. The Kier molecular flexibility index (Phi) is 4.72. The van der Waals surface area contributed by atoms with Crippen molar-refractivity contribution in [3.05, 3.63) is 30.1 Å². The molecule has 2 rings (SSSR count). The topological polar surface area (TPSA) is 89.5 Å². The Bertz CT molecular complexity index is 675. The van der Waals surface area contributed by atoms with Gasteiger partial charge in [0.25, 0.3) is 5.91 Å². The third-order valence-corrected chi connectivity index (χ3v) is 2.81. The third-order valence-electron chi connectivity index (χ3n) is 2.81. The van der Waals surface area contributed by atoms with Crippen LogP contribution in [0.5, 0.6) is 11.9 Å².